The van der Waals surface area contributed by atoms with Crippen LogP contribution in [0, 0.1) is 5.82 Å². The predicted molar refractivity (Wildman–Crippen MR) is 120 cm³/mol. The molecule has 11 heteroatoms. The molecule has 0 radical (unpaired) electrons. The number of methoxy groups -OCH3 is 1. The fourth-order valence-electron chi connectivity index (χ4n) is 3.47. The minimum absolute atomic E-state index is 0.0213. The van der Waals surface area contributed by atoms with Crippen LogP contribution in [0.1, 0.15) is 5.56 Å². The molecule has 4 rings (SSSR count). The minimum atomic E-state index is -4.20. The summed E-state index contributed by atoms with van der Waals surface area (Å²) in [5.41, 5.74) is 1.26. The first-order chi connectivity index (χ1) is 15.1. The van der Waals surface area contributed by atoms with Gasteiger partial charge in [-0.15, -0.1) is 0 Å². The third kappa shape index (κ3) is 4.13. The molecule has 0 spiro atoms. The second-order valence-corrected chi connectivity index (χ2v) is 11.0. The van der Waals surface area contributed by atoms with E-state index in [1.807, 2.05) is 0 Å². The lowest BCUT2D eigenvalue weighted by Gasteiger charge is -2.20. The zero-order valence-corrected chi connectivity index (χ0v) is 19.1. The van der Waals surface area contributed by atoms with Gasteiger partial charge in [0.05, 0.1) is 23.4 Å². The number of sulfonamides is 2. The van der Waals surface area contributed by atoms with Crippen LogP contribution in [0.15, 0.2) is 70.5 Å². The number of ether oxygens (including phenoxy) is 1. The van der Waals surface area contributed by atoms with Crippen LogP contribution in [0.2, 0.25) is 5.02 Å². The van der Waals surface area contributed by atoms with Crippen LogP contribution >= 0.6 is 11.6 Å². The van der Waals surface area contributed by atoms with Crippen LogP contribution in [0.25, 0.3) is 0 Å². The maximum Gasteiger partial charge on any atom is 0.265 e. The average molecular weight is 497 g/mol. The van der Waals surface area contributed by atoms with Gasteiger partial charge in [-0.25, -0.2) is 21.2 Å². The molecular formula is C21H18ClFN2O5S2. The second kappa shape index (κ2) is 8.27. The summed E-state index contributed by atoms with van der Waals surface area (Å²) >= 11 is 5.86. The number of hydrogen-bond acceptors (Lipinski definition) is 5. The molecule has 0 amide bonds. The quantitative estimate of drug-likeness (QED) is 0.556. The van der Waals surface area contributed by atoms with Crippen LogP contribution in [0.3, 0.4) is 0 Å². The van der Waals surface area contributed by atoms with Gasteiger partial charge in [0.15, 0.2) is 0 Å². The summed E-state index contributed by atoms with van der Waals surface area (Å²) in [7, 11) is -6.79. The molecule has 0 aliphatic carbocycles. The van der Waals surface area contributed by atoms with E-state index in [9.17, 15) is 21.2 Å². The molecule has 0 unspecified atom stereocenters. The Labute approximate surface area is 190 Å². The molecule has 1 N–H and O–H groups in total. The number of nitrogens with zero attached hydrogens (tertiary/aromatic N) is 1. The van der Waals surface area contributed by atoms with Crippen LogP contribution in [0.5, 0.6) is 5.75 Å². The topological polar surface area (TPSA) is 92.8 Å². The molecule has 32 heavy (non-hydrogen) atoms. The molecule has 0 aromatic heterocycles. The highest BCUT2D eigenvalue weighted by Gasteiger charge is 2.31. The van der Waals surface area contributed by atoms with Crippen molar-refractivity contribution in [1.29, 1.82) is 0 Å². The molecule has 0 fully saturated rings. The standard InChI is InChI=1S/C21H18ClFN2O5S2/c1-30-20-9-5-16(23)12-21(20)31(26,27)24-17-6-2-14-10-11-25(19(14)13-17)32(28,29)18-7-3-15(22)4-8-18/h2-9,12-13,24H,10-11H2,1H3. The maximum absolute atomic E-state index is 13.7. The summed E-state index contributed by atoms with van der Waals surface area (Å²) in [4.78, 5) is -0.295. The van der Waals surface area contributed by atoms with Gasteiger partial charge < -0.3 is 4.74 Å². The number of rotatable bonds is 6. The van der Waals surface area contributed by atoms with Gasteiger partial charge in [-0.2, -0.15) is 0 Å². The van der Waals surface area contributed by atoms with E-state index in [0.29, 0.717) is 17.1 Å². The second-order valence-electron chi connectivity index (χ2n) is 7.03. The number of nitrogens with one attached hydrogen (secondary N) is 1. The molecule has 0 saturated heterocycles. The molecule has 0 atom stereocenters. The predicted octanol–water partition coefficient (Wildman–Crippen LogP) is 4.04. The first kappa shape index (κ1) is 22.4. The fraction of sp³-hybridized carbons (Fsp3) is 0.143. The Kier molecular flexibility index (Phi) is 5.78. The van der Waals surface area contributed by atoms with E-state index in [2.05, 4.69) is 4.72 Å². The molecule has 0 saturated carbocycles. The van der Waals surface area contributed by atoms with Crippen LogP contribution < -0.4 is 13.8 Å². The van der Waals surface area contributed by atoms with E-state index < -0.39 is 25.9 Å². The fourth-order valence-corrected chi connectivity index (χ4v) is 6.32. The minimum Gasteiger partial charge on any atom is -0.495 e. The number of benzene rings is 3. The maximum atomic E-state index is 13.7. The van der Waals surface area contributed by atoms with E-state index in [-0.39, 0.29) is 27.8 Å². The van der Waals surface area contributed by atoms with Crippen LogP contribution in [-0.4, -0.2) is 30.5 Å². The normalized spacial score (nSPS) is 13.7. The Morgan fingerprint density at radius 2 is 1.72 bits per heavy atom. The van der Waals surface area contributed by atoms with E-state index in [0.717, 1.165) is 17.7 Å². The van der Waals surface area contributed by atoms with Crippen molar-refractivity contribution in [2.24, 2.45) is 0 Å². The zero-order chi connectivity index (χ0) is 23.1. The van der Waals surface area contributed by atoms with Crippen molar-refractivity contribution in [1.82, 2.24) is 0 Å². The molecule has 1 aliphatic heterocycles. The summed E-state index contributed by atoms with van der Waals surface area (Å²) in [5, 5.41) is 0.412. The van der Waals surface area contributed by atoms with E-state index in [1.165, 1.54) is 53.9 Å². The largest absolute Gasteiger partial charge is 0.495 e. The van der Waals surface area contributed by atoms with E-state index in [1.54, 1.807) is 6.07 Å². The first-order valence-corrected chi connectivity index (χ1v) is 12.7. The highest BCUT2D eigenvalue weighted by atomic mass is 35.5. The van der Waals surface area contributed by atoms with Gasteiger partial charge in [-0.3, -0.25) is 9.03 Å². The van der Waals surface area contributed by atoms with Gasteiger partial charge in [0.25, 0.3) is 20.0 Å². The van der Waals surface area contributed by atoms with Gasteiger partial charge >= 0.3 is 0 Å². The SMILES string of the molecule is COc1ccc(F)cc1S(=O)(=O)Nc1ccc2c(c1)N(S(=O)(=O)c1ccc(Cl)cc1)CC2. The summed E-state index contributed by atoms with van der Waals surface area (Å²) in [6.45, 7) is 0.216. The Hall–Kier alpha value is -2.82. The lowest BCUT2D eigenvalue weighted by Crippen LogP contribution is -2.29. The highest BCUT2D eigenvalue weighted by molar-refractivity contribution is 7.93. The van der Waals surface area contributed by atoms with Crippen molar-refractivity contribution in [2.45, 2.75) is 16.2 Å². The third-order valence-electron chi connectivity index (χ3n) is 5.01. The number of hydrogen-bond donors (Lipinski definition) is 1. The van der Waals surface area contributed by atoms with Crippen LogP contribution in [0.4, 0.5) is 15.8 Å². The number of halogens is 2. The molecule has 3 aromatic rings. The van der Waals surface area contributed by atoms with Crippen LogP contribution in [-0.2, 0) is 26.5 Å². The number of fused-ring (bicyclic) bond motifs is 1. The molecule has 1 aliphatic rings. The van der Waals surface area contributed by atoms with Gasteiger partial charge in [-0.05, 0) is 66.6 Å². The van der Waals surface area contributed by atoms with Crippen molar-refractivity contribution in [3.63, 3.8) is 0 Å². The summed E-state index contributed by atoms with van der Waals surface area (Å²) in [5.74, 6) is -0.757. The first-order valence-electron chi connectivity index (χ1n) is 9.39. The Morgan fingerprint density at radius 3 is 2.41 bits per heavy atom. The summed E-state index contributed by atoms with van der Waals surface area (Å²) in [6, 6.07) is 13.6. The van der Waals surface area contributed by atoms with E-state index in [4.69, 9.17) is 16.3 Å². The third-order valence-corrected chi connectivity index (χ3v) is 8.49. The molecule has 1 heterocycles. The lowest BCUT2D eigenvalue weighted by atomic mass is 10.1. The average Bonchev–Trinajstić information content (AvgIpc) is 3.18. The van der Waals surface area contributed by atoms with E-state index >= 15 is 0 Å². The van der Waals surface area contributed by atoms with Gasteiger partial charge in [0.1, 0.15) is 16.5 Å². The number of anilines is 2. The smallest absolute Gasteiger partial charge is 0.265 e. The Morgan fingerprint density at radius 1 is 1.00 bits per heavy atom. The van der Waals surface area contributed by atoms with Gasteiger partial charge in [0.2, 0.25) is 0 Å². The summed E-state index contributed by atoms with van der Waals surface area (Å²) in [6.07, 6.45) is 0.479. The Balaban J connectivity index is 1.69. The molecular weight excluding hydrogens is 479 g/mol. The Bertz CT molecular complexity index is 1390. The van der Waals surface area contributed by atoms with Gasteiger partial charge in [0, 0.05) is 11.6 Å². The highest BCUT2D eigenvalue weighted by Crippen LogP contribution is 2.36. The monoisotopic (exact) mass is 496 g/mol. The van der Waals surface area contributed by atoms with Gasteiger partial charge in [-0.1, -0.05) is 17.7 Å². The molecule has 168 valence electrons. The molecule has 3 aromatic carbocycles. The molecule has 0 bridgehead atoms. The van der Waals surface area contributed by atoms with Crippen molar-refractivity contribution in [2.75, 3.05) is 22.7 Å². The summed E-state index contributed by atoms with van der Waals surface area (Å²) < 4.78 is 74.3. The zero-order valence-electron chi connectivity index (χ0n) is 16.7. The lowest BCUT2D eigenvalue weighted by molar-refractivity contribution is 0.401. The van der Waals surface area contributed by atoms with Crippen molar-refractivity contribution < 1.29 is 26.0 Å². The molecule has 7 nitrogen and oxygen atoms in total. The van der Waals surface area contributed by atoms with Crippen molar-refractivity contribution in [3.05, 3.63) is 77.1 Å². The van der Waals surface area contributed by atoms with Crippen molar-refractivity contribution >= 4 is 43.0 Å². The van der Waals surface area contributed by atoms with Crippen molar-refractivity contribution in [3.8, 4) is 5.75 Å².